The number of anilines is 2. The summed E-state index contributed by atoms with van der Waals surface area (Å²) in [5, 5.41) is 25.5. The predicted octanol–water partition coefficient (Wildman–Crippen LogP) is 5.64. The summed E-state index contributed by atoms with van der Waals surface area (Å²) < 4.78 is 13.1. The number of rotatable bonds is 8. The number of amides is 2. The Morgan fingerprint density at radius 3 is 1.76 bits per heavy atom. The van der Waals surface area contributed by atoms with Gasteiger partial charge in [-0.2, -0.15) is 0 Å². The maximum atomic E-state index is 13.1. The highest BCUT2D eigenvalue weighted by Gasteiger charge is 2.29. The van der Waals surface area contributed by atoms with Crippen molar-refractivity contribution in [3.8, 4) is 0 Å². The number of carbonyl (C=O) groups is 2. The molecule has 0 bridgehead atoms. The van der Waals surface area contributed by atoms with Crippen molar-refractivity contribution in [1.82, 2.24) is 20.4 Å². The molecule has 1 saturated carbocycles. The zero-order valence-corrected chi connectivity index (χ0v) is 22.4. The van der Waals surface area contributed by atoms with Crippen molar-refractivity contribution in [2.24, 2.45) is 0 Å². The Kier molecular flexibility index (Phi) is 8.14. The number of carbonyl (C=O) groups excluding carboxylic acids is 2. The van der Waals surface area contributed by atoms with Crippen LogP contribution in [-0.2, 0) is 22.4 Å². The lowest BCUT2D eigenvalue weighted by atomic mass is 9.82. The Bertz CT molecular complexity index is 1300. The van der Waals surface area contributed by atoms with Gasteiger partial charge in [-0.05, 0) is 49.4 Å². The smallest absolute Gasteiger partial charge is 0.230 e. The second-order valence-electron chi connectivity index (χ2n) is 9.51. The monoisotopic (exact) mass is 550 g/mol. The van der Waals surface area contributed by atoms with Crippen LogP contribution in [0.2, 0.25) is 0 Å². The van der Waals surface area contributed by atoms with Gasteiger partial charge in [0.25, 0.3) is 0 Å². The van der Waals surface area contributed by atoms with Crippen molar-refractivity contribution in [3.05, 3.63) is 81.1 Å². The van der Waals surface area contributed by atoms with E-state index >= 15 is 0 Å². The van der Waals surface area contributed by atoms with Gasteiger partial charge in [-0.3, -0.25) is 9.59 Å². The van der Waals surface area contributed by atoms with Gasteiger partial charge in [0.1, 0.15) is 15.8 Å². The van der Waals surface area contributed by atoms with Gasteiger partial charge < -0.3 is 10.6 Å². The lowest BCUT2D eigenvalue weighted by Crippen LogP contribution is -2.14. The van der Waals surface area contributed by atoms with Crippen LogP contribution in [0.1, 0.15) is 64.2 Å². The highest BCUT2D eigenvalue weighted by atomic mass is 32.1. The van der Waals surface area contributed by atoms with Crippen LogP contribution in [0.3, 0.4) is 0 Å². The van der Waals surface area contributed by atoms with Crippen molar-refractivity contribution < 1.29 is 14.0 Å². The Balaban J connectivity index is 1.14. The standard InChI is InChI=1S/C27H27FN6O2S2/c1-16-5-7-17(8-6-16)13-22(35)29-26-33-31-24(37-26)19-3-2-4-20(15-19)25-32-34-27(38-25)30-23(36)14-18-9-11-21(28)12-10-18/h5-12,19-20H,2-4,13-15H2,1H3,(H,29,33,35)(H,30,34,36)/t19-,20-/m1/s1. The van der Waals surface area contributed by atoms with E-state index in [1.807, 2.05) is 31.2 Å². The van der Waals surface area contributed by atoms with Gasteiger partial charge in [0.2, 0.25) is 22.1 Å². The molecular weight excluding hydrogens is 523 g/mol. The second kappa shape index (κ2) is 11.9. The number of nitrogens with zero attached hydrogens (tertiary/aromatic N) is 4. The molecule has 0 saturated heterocycles. The Morgan fingerprint density at radius 2 is 1.26 bits per heavy atom. The molecule has 5 rings (SSSR count). The Morgan fingerprint density at radius 1 is 0.789 bits per heavy atom. The van der Waals surface area contributed by atoms with Crippen molar-refractivity contribution in [2.45, 2.75) is 57.3 Å². The molecule has 1 aliphatic carbocycles. The van der Waals surface area contributed by atoms with Crippen LogP contribution in [0.4, 0.5) is 14.7 Å². The van der Waals surface area contributed by atoms with E-state index in [4.69, 9.17) is 0 Å². The first kappa shape index (κ1) is 26.1. The zero-order valence-electron chi connectivity index (χ0n) is 20.8. The number of aromatic nitrogens is 4. The summed E-state index contributed by atoms with van der Waals surface area (Å²) in [7, 11) is 0. The third kappa shape index (κ3) is 6.84. The van der Waals surface area contributed by atoms with Crippen molar-refractivity contribution in [2.75, 3.05) is 10.6 Å². The van der Waals surface area contributed by atoms with Crippen LogP contribution in [0.15, 0.2) is 48.5 Å². The molecule has 0 aliphatic heterocycles. The van der Waals surface area contributed by atoms with E-state index in [2.05, 4.69) is 31.0 Å². The zero-order chi connectivity index (χ0) is 26.5. The number of hydrogen-bond acceptors (Lipinski definition) is 8. The van der Waals surface area contributed by atoms with Gasteiger partial charge in [-0.25, -0.2) is 4.39 Å². The average Bonchev–Trinajstić information content (AvgIpc) is 3.57. The van der Waals surface area contributed by atoms with Crippen LogP contribution in [0.5, 0.6) is 0 Å². The van der Waals surface area contributed by atoms with E-state index in [9.17, 15) is 14.0 Å². The van der Waals surface area contributed by atoms with Gasteiger partial charge in [-0.1, -0.05) is 71.1 Å². The third-order valence-corrected chi connectivity index (χ3v) is 8.51. The first-order chi connectivity index (χ1) is 18.4. The summed E-state index contributed by atoms with van der Waals surface area (Å²) in [5.41, 5.74) is 2.84. The number of benzene rings is 2. The molecule has 196 valence electrons. The fourth-order valence-corrected chi connectivity index (χ4v) is 6.36. The Labute approximate surface area is 227 Å². The fraction of sp³-hybridized carbons (Fsp3) is 0.333. The summed E-state index contributed by atoms with van der Waals surface area (Å²) in [4.78, 5) is 24.8. The third-order valence-electron chi connectivity index (χ3n) is 6.51. The molecular formula is C27H27FN6O2S2. The minimum Gasteiger partial charge on any atom is -0.300 e. The van der Waals surface area contributed by atoms with E-state index < -0.39 is 0 Å². The highest BCUT2D eigenvalue weighted by molar-refractivity contribution is 7.15. The molecule has 2 aromatic carbocycles. The van der Waals surface area contributed by atoms with Crippen molar-refractivity contribution in [1.29, 1.82) is 0 Å². The predicted molar refractivity (Wildman–Crippen MR) is 146 cm³/mol. The number of hydrogen-bond donors (Lipinski definition) is 2. The molecule has 4 aromatic rings. The van der Waals surface area contributed by atoms with Gasteiger partial charge in [0, 0.05) is 11.8 Å². The summed E-state index contributed by atoms with van der Waals surface area (Å²) >= 11 is 2.82. The van der Waals surface area contributed by atoms with Gasteiger partial charge in [0.05, 0.1) is 12.8 Å². The summed E-state index contributed by atoms with van der Waals surface area (Å²) in [6.07, 6.45) is 4.32. The molecule has 11 heteroatoms. The van der Waals surface area contributed by atoms with Crippen molar-refractivity contribution >= 4 is 44.8 Å². The molecule has 2 heterocycles. The molecule has 38 heavy (non-hydrogen) atoms. The first-order valence-corrected chi connectivity index (χ1v) is 14.1. The largest absolute Gasteiger partial charge is 0.300 e. The first-order valence-electron chi connectivity index (χ1n) is 12.5. The summed E-state index contributed by atoms with van der Waals surface area (Å²) in [6.45, 7) is 2.02. The molecule has 0 spiro atoms. The minimum absolute atomic E-state index is 0.110. The normalized spacial score (nSPS) is 17.2. The molecule has 0 unspecified atom stereocenters. The van der Waals surface area contributed by atoms with Gasteiger partial charge >= 0.3 is 0 Å². The van der Waals surface area contributed by atoms with Crippen LogP contribution in [0, 0.1) is 12.7 Å². The summed E-state index contributed by atoms with van der Waals surface area (Å²) in [5.74, 6) is -0.208. The molecule has 1 fully saturated rings. The molecule has 0 radical (unpaired) electrons. The lowest BCUT2D eigenvalue weighted by molar-refractivity contribution is -0.116. The number of nitrogens with one attached hydrogen (secondary N) is 2. The topological polar surface area (TPSA) is 110 Å². The molecule has 1 aliphatic rings. The molecule has 2 N–H and O–H groups in total. The summed E-state index contributed by atoms with van der Waals surface area (Å²) in [6, 6.07) is 13.8. The van der Waals surface area contributed by atoms with E-state index in [1.54, 1.807) is 12.1 Å². The highest BCUT2D eigenvalue weighted by Crippen LogP contribution is 2.43. The number of halogens is 1. The molecule has 2 aromatic heterocycles. The van der Waals surface area contributed by atoms with Gasteiger partial charge in [0.15, 0.2) is 0 Å². The maximum absolute atomic E-state index is 13.1. The van der Waals surface area contributed by atoms with E-state index in [0.29, 0.717) is 16.7 Å². The fourth-order valence-electron chi connectivity index (χ4n) is 4.54. The lowest BCUT2D eigenvalue weighted by Gasteiger charge is -2.25. The SMILES string of the molecule is Cc1ccc(CC(=O)Nc2nnc([C@@H]3CCC[C@@H](c4nnc(NC(=O)Cc5ccc(F)cc5)s4)C3)s2)cc1. The average molecular weight is 551 g/mol. The van der Waals surface area contributed by atoms with Crippen molar-refractivity contribution in [3.63, 3.8) is 0 Å². The second-order valence-corrected chi connectivity index (χ2v) is 11.5. The van der Waals surface area contributed by atoms with E-state index in [1.165, 1.54) is 34.8 Å². The van der Waals surface area contributed by atoms with Gasteiger partial charge in [-0.15, -0.1) is 20.4 Å². The van der Waals surface area contributed by atoms with E-state index in [-0.39, 0.29) is 35.9 Å². The van der Waals surface area contributed by atoms with Crippen LogP contribution in [0.25, 0.3) is 0 Å². The minimum atomic E-state index is -0.332. The quantitative estimate of drug-likeness (QED) is 0.294. The van der Waals surface area contributed by atoms with Crippen LogP contribution < -0.4 is 10.6 Å². The molecule has 8 nitrogen and oxygen atoms in total. The molecule has 2 atom stereocenters. The van der Waals surface area contributed by atoms with Crippen LogP contribution in [-0.4, -0.2) is 32.2 Å². The van der Waals surface area contributed by atoms with E-state index in [0.717, 1.165) is 52.4 Å². The maximum Gasteiger partial charge on any atom is 0.230 e. The molecule has 2 amide bonds. The number of aryl methyl sites for hydroxylation is 1. The van der Waals surface area contributed by atoms with Crippen LogP contribution >= 0.6 is 22.7 Å². The Hall–Kier alpha value is -3.57.